The van der Waals surface area contributed by atoms with Crippen LogP contribution >= 0.6 is 0 Å². The Morgan fingerprint density at radius 1 is 1.62 bits per heavy atom. The zero-order chi connectivity index (χ0) is 15.4. The molecule has 0 bridgehead atoms. The lowest BCUT2D eigenvalue weighted by Crippen LogP contribution is -2.42. The molecule has 0 amide bonds. The van der Waals surface area contributed by atoms with Crippen molar-refractivity contribution in [2.24, 2.45) is 0 Å². The second-order valence-corrected chi connectivity index (χ2v) is 5.22. The minimum Gasteiger partial charge on any atom is -0.490 e. The van der Waals surface area contributed by atoms with Crippen molar-refractivity contribution in [1.29, 1.82) is 0 Å². The lowest BCUT2D eigenvalue weighted by Gasteiger charge is -2.30. The van der Waals surface area contributed by atoms with Crippen LogP contribution in [0.15, 0.2) is 18.2 Å². The molecule has 21 heavy (non-hydrogen) atoms. The minimum atomic E-state index is -0.838. The van der Waals surface area contributed by atoms with E-state index < -0.39 is 11.0 Å². The topological polar surface area (TPSA) is 85.1 Å². The predicted octanol–water partition coefficient (Wildman–Crippen LogP) is 1.36. The van der Waals surface area contributed by atoms with Crippen LogP contribution in [-0.4, -0.2) is 54.4 Å². The van der Waals surface area contributed by atoms with E-state index in [1.807, 2.05) is 7.05 Å². The van der Waals surface area contributed by atoms with Gasteiger partial charge in [0.05, 0.1) is 17.6 Å². The molecule has 7 nitrogen and oxygen atoms in total. The van der Waals surface area contributed by atoms with E-state index in [4.69, 9.17) is 9.47 Å². The molecule has 116 valence electrons. The van der Waals surface area contributed by atoms with Crippen LogP contribution in [0.2, 0.25) is 0 Å². The van der Waals surface area contributed by atoms with E-state index in [-0.39, 0.29) is 11.8 Å². The number of hydrogen-bond donors (Lipinski definition) is 1. The van der Waals surface area contributed by atoms with E-state index >= 15 is 0 Å². The number of nitro groups is 1. The van der Waals surface area contributed by atoms with E-state index in [1.165, 1.54) is 18.2 Å². The Morgan fingerprint density at radius 3 is 3.00 bits per heavy atom. The first kappa shape index (κ1) is 15.7. The zero-order valence-electron chi connectivity index (χ0n) is 12.2. The monoisotopic (exact) mass is 296 g/mol. The summed E-state index contributed by atoms with van der Waals surface area (Å²) in [7, 11) is 2.02. The molecule has 0 aromatic heterocycles. The summed E-state index contributed by atoms with van der Waals surface area (Å²) >= 11 is 0. The fraction of sp³-hybridized carbons (Fsp3) is 0.571. The molecule has 1 fully saturated rings. The van der Waals surface area contributed by atoms with Gasteiger partial charge in [0.25, 0.3) is 5.69 Å². The van der Waals surface area contributed by atoms with Crippen molar-refractivity contribution in [2.75, 3.05) is 33.4 Å². The van der Waals surface area contributed by atoms with Gasteiger partial charge in [0.2, 0.25) is 0 Å². The Hall–Kier alpha value is -1.70. The molecule has 1 unspecified atom stereocenters. The number of non-ortho nitro benzene ring substituents is 1. The van der Waals surface area contributed by atoms with Crippen LogP contribution in [0.4, 0.5) is 5.69 Å². The average molecular weight is 296 g/mol. The van der Waals surface area contributed by atoms with Crippen LogP contribution in [0.25, 0.3) is 0 Å². The molecule has 2 rings (SSSR count). The highest BCUT2D eigenvalue weighted by atomic mass is 16.6. The zero-order valence-corrected chi connectivity index (χ0v) is 12.2. The number of ether oxygens (including phenoxy) is 2. The first-order chi connectivity index (χ1) is 9.97. The van der Waals surface area contributed by atoms with Crippen molar-refractivity contribution in [1.82, 2.24) is 4.90 Å². The summed E-state index contributed by atoms with van der Waals surface area (Å²) in [4.78, 5) is 12.5. The van der Waals surface area contributed by atoms with Gasteiger partial charge >= 0.3 is 0 Å². The fourth-order valence-electron chi connectivity index (χ4n) is 2.26. The first-order valence-electron chi connectivity index (χ1n) is 6.86. The van der Waals surface area contributed by atoms with Gasteiger partial charge in [-0.2, -0.15) is 0 Å². The maximum absolute atomic E-state index is 10.8. The third-order valence-electron chi connectivity index (χ3n) is 3.42. The molecule has 1 heterocycles. The Kier molecular flexibility index (Phi) is 5.11. The van der Waals surface area contributed by atoms with E-state index in [1.54, 1.807) is 6.92 Å². The Morgan fingerprint density at radius 2 is 2.38 bits per heavy atom. The summed E-state index contributed by atoms with van der Waals surface area (Å²) in [5, 5.41) is 20.5. The fourth-order valence-corrected chi connectivity index (χ4v) is 2.26. The molecule has 1 aromatic carbocycles. The van der Waals surface area contributed by atoms with Gasteiger partial charge in [-0.1, -0.05) is 0 Å². The molecule has 1 N–H and O–H groups in total. The summed E-state index contributed by atoms with van der Waals surface area (Å²) in [5.41, 5.74) is 0.347. The van der Waals surface area contributed by atoms with Gasteiger partial charge in [-0.05, 0) is 20.0 Å². The van der Waals surface area contributed by atoms with Gasteiger partial charge in [-0.15, -0.1) is 0 Å². The highest BCUT2D eigenvalue weighted by molar-refractivity contribution is 5.44. The summed E-state index contributed by atoms with van der Waals surface area (Å²) in [6.07, 6.45) is -0.879. The van der Waals surface area contributed by atoms with Crippen LogP contribution in [0, 0.1) is 10.1 Å². The molecule has 1 saturated heterocycles. The van der Waals surface area contributed by atoms with Crippen molar-refractivity contribution >= 4 is 5.69 Å². The SMILES string of the molecule is C[C@H](O)c1cc([N+](=O)[O-])ccc1OCC1CN(C)CCO1. The van der Waals surface area contributed by atoms with Crippen LogP contribution in [0.3, 0.4) is 0 Å². The maximum atomic E-state index is 10.8. The van der Waals surface area contributed by atoms with Crippen LogP contribution < -0.4 is 4.74 Å². The van der Waals surface area contributed by atoms with E-state index in [9.17, 15) is 15.2 Å². The number of aliphatic hydroxyl groups is 1. The van der Waals surface area contributed by atoms with Crippen molar-refractivity contribution < 1.29 is 19.5 Å². The van der Waals surface area contributed by atoms with E-state index in [0.717, 1.165) is 13.1 Å². The Balaban J connectivity index is 2.06. The second-order valence-electron chi connectivity index (χ2n) is 5.22. The van der Waals surface area contributed by atoms with Gasteiger partial charge in [0.1, 0.15) is 18.5 Å². The number of nitro benzene ring substituents is 1. The lowest BCUT2D eigenvalue weighted by atomic mass is 10.1. The Labute approximate surface area is 123 Å². The summed E-state index contributed by atoms with van der Waals surface area (Å²) in [6, 6.07) is 4.23. The number of morpholine rings is 1. The van der Waals surface area contributed by atoms with Gasteiger partial charge in [0, 0.05) is 30.8 Å². The number of rotatable bonds is 5. The Bertz CT molecular complexity index is 506. The summed E-state index contributed by atoms with van der Waals surface area (Å²) in [6.45, 7) is 4.23. The molecule has 2 atom stereocenters. The van der Waals surface area contributed by atoms with E-state index in [2.05, 4.69) is 4.90 Å². The molecule has 0 saturated carbocycles. The highest BCUT2D eigenvalue weighted by Crippen LogP contribution is 2.29. The lowest BCUT2D eigenvalue weighted by molar-refractivity contribution is -0.385. The van der Waals surface area contributed by atoms with Crippen LogP contribution in [0.1, 0.15) is 18.6 Å². The minimum absolute atomic E-state index is 0.0409. The highest BCUT2D eigenvalue weighted by Gasteiger charge is 2.20. The van der Waals surface area contributed by atoms with Crippen molar-refractivity contribution in [3.05, 3.63) is 33.9 Å². The number of nitrogens with zero attached hydrogens (tertiary/aromatic N) is 2. The number of benzene rings is 1. The smallest absolute Gasteiger partial charge is 0.270 e. The quantitative estimate of drug-likeness (QED) is 0.652. The molecule has 1 aromatic rings. The van der Waals surface area contributed by atoms with Crippen molar-refractivity contribution in [3.8, 4) is 5.75 Å². The van der Waals surface area contributed by atoms with Crippen molar-refractivity contribution in [3.63, 3.8) is 0 Å². The standard InChI is InChI=1S/C14H20N2O5/c1-10(17)13-7-11(16(18)19)3-4-14(13)21-9-12-8-15(2)5-6-20-12/h3-4,7,10,12,17H,5-6,8-9H2,1-2H3/t10-,12?/m0/s1. The molecule has 0 spiro atoms. The third-order valence-corrected chi connectivity index (χ3v) is 3.42. The molecular weight excluding hydrogens is 276 g/mol. The van der Waals surface area contributed by atoms with E-state index in [0.29, 0.717) is 24.5 Å². The number of hydrogen-bond acceptors (Lipinski definition) is 6. The van der Waals surface area contributed by atoms with Crippen molar-refractivity contribution in [2.45, 2.75) is 19.1 Å². The van der Waals surface area contributed by atoms with Gasteiger partial charge in [-0.25, -0.2) is 0 Å². The molecule has 0 aliphatic carbocycles. The largest absolute Gasteiger partial charge is 0.490 e. The van der Waals surface area contributed by atoms with Gasteiger partial charge in [0.15, 0.2) is 0 Å². The van der Waals surface area contributed by atoms with Gasteiger partial charge < -0.3 is 19.5 Å². The molecular formula is C14H20N2O5. The molecule has 0 radical (unpaired) electrons. The summed E-state index contributed by atoms with van der Waals surface area (Å²) in [5.74, 6) is 0.451. The molecule has 7 heteroatoms. The third kappa shape index (κ3) is 4.13. The maximum Gasteiger partial charge on any atom is 0.270 e. The normalized spacial score (nSPS) is 21.0. The van der Waals surface area contributed by atoms with Crippen LogP contribution in [-0.2, 0) is 4.74 Å². The molecule has 1 aliphatic heterocycles. The summed E-state index contributed by atoms with van der Waals surface area (Å²) < 4.78 is 11.3. The number of aliphatic hydroxyl groups excluding tert-OH is 1. The van der Waals surface area contributed by atoms with Crippen LogP contribution in [0.5, 0.6) is 5.75 Å². The second kappa shape index (κ2) is 6.84. The predicted molar refractivity (Wildman–Crippen MR) is 76.5 cm³/mol. The van der Waals surface area contributed by atoms with Gasteiger partial charge in [-0.3, -0.25) is 10.1 Å². The number of likely N-dealkylation sites (N-methyl/N-ethyl adjacent to an activating group) is 1. The molecule has 1 aliphatic rings. The first-order valence-corrected chi connectivity index (χ1v) is 6.86. The average Bonchev–Trinajstić information content (AvgIpc) is 2.44.